The summed E-state index contributed by atoms with van der Waals surface area (Å²) >= 11 is 0. The van der Waals surface area contributed by atoms with Crippen molar-refractivity contribution >= 4 is 17.9 Å². The van der Waals surface area contributed by atoms with Gasteiger partial charge in [0.15, 0.2) is 11.5 Å². The molecule has 0 bridgehead atoms. The molecule has 0 radical (unpaired) electrons. The number of hydrogen-bond acceptors (Lipinski definition) is 6. The second kappa shape index (κ2) is 9.97. The summed E-state index contributed by atoms with van der Waals surface area (Å²) in [5.41, 5.74) is 4.14. The van der Waals surface area contributed by atoms with Gasteiger partial charge < -0.3 is 29.9 Å². The largest absolute Gasteiger partial charge is 0.504 e. The predicted molar refractivity (Wildman–Crippen MR) is 111 cm³/mol. The number of rotatable bonds is 5. The maximum absolute atomic E-state index is 10.2. The fourth-order valence-electron chi connectivity index (χ4n) is 2.62. The van der Waals surface area contributed by atoms with E-state index in [-0.39, 0.29) is 5.75 Å². The topological polar surface area (TPSA) is 134 Å². The van der Waals surface area contributed by atoms with Crippen LogP contribution >= 0.6 is 0 Å². The molecule has 0 saturated carbocycles. The van der Waals surface area contributed by atoms with Gasteiger partial charge in [-0.1, -0.05) is 42.0 Å². The Hall–Kier alpha value is -4.01. The molecule has 0 aliphatic rings. The van der Waals surface area contributed by atoms with E-state index in [2.05, 4.69) is 41.5 Å². The number of aromatic nitrogens is 2. The molecule has 0 aliphatic carbocycles. The van der Waals surface area contributed by atoms with E-state index in [9.17, 15) is 5.11 Å². The first-order valence-corrected chi connectivity index (χ1v) is 8.88. The standard InChI is InChI=1S/C19H21N3O2.C2H2O4/c1-13-7-9-14(10-8-13)16-12-21-19(22(16)2)20-11-15-5-4-6-17(24-3)18(15)23;3-1(4)2(5)6/h4-10,12,23H,11H2,1-3H3,(H,20,21);(H,3,4)(H,5,6). The van der Waals surface area contributed by atoms with Crippen LogP contribution in [-0.2, 0) is 23.2 Å². The predicted octanol–water partition coefficient (Wildman–Crippen LogP) is 2.88. The van der Waals surface area contributed by atoms with Crippen molar-refractivity contribution in [3.8, 4) is 22.8 Å². The van der Waals surface area contributed by atoms with Gasteiger partial charge in [0.2, 0.25) is 5.95 Å². The third-order valence-corrected chi connectivity index (χ3v) is 4.26. The van der Waals surface area contributed by atoms with Crippen molar-refractivity contribution in [1.82, 2.24) is 9.55 Å². The molecule has 0 unspecified atom stereocenters. The van der Waals surface area contributed by atoms with Gasteiger partial charge in [-0.05, 0) is 18.6 Å². The highest BCUT2D eigenvalue weighted by molar-refractivity contribution is 6.27. The molecular weight excluding hydrogens is 390 g/mol. The zero-order chi connectivity index (χ0) is 22.3. The first-order valence-electron chi connectivity index (χ1n) is 8.88. The number of anilines is 1. The van der Waals surface area contributed by atoms with E-state index in [1.54, 1.807) is 13.2 Å². The summed E-state index contributed by atoms with van der Waals surface area (Å²) in [5.74, 6) is -2.28. The summed E-state index contributed by atoms with van der Waals surface area (Å²) in [6, 6.07) is 13.8. The van der Waals surface area contributed by atoms with Crippen LogP contribution in [0.5, 0.6) is 11.5 Å². The maximum Gasteiger partial charge on any atom is 0.414 e. The number of nitrogens with one attached hydrogen (secondary N) is 1. The molecule has 0 amide bonds. The van der Waals surface area contributed by atoms with E-state index < -0.39 is 11.9 Å². The minimum absolute atomic E-state index is 0.153. The number of nitrogens with zero attached hydrogens (tertiary/aromatic N) is 2. The van der Waals surface area contributed by atoms with Crippen LogP contribution < -0.4 is 10.1 Å². The van der Waals surface area contributed by atoms with E-state index in [0.29, 0.717) is 12.3 Å². The Morgan fingerprint density at radius 3 is 2.30 bits per heavy atom. The van der Waals surface area contributed by atoms with Crippen molar-refractivity contribution < 1.29 is 29.6 Å². The van der Waals surface area contributed by atoms with E-state index in [1.807, 2.05) is 29.9 Å². The van der Waals surface area contributed by atoms with E-state index in [4.69, 9.17) is 24.5 Å². The molecule has 158 valence electrons. The Morgan fingerprint density at radius 2 is 1.73 bits per heavy atom. The van der Waals surface area contributed by atoms with E-state index in [1.165, 1.54) is 5.56 Å². The summed E-state index contributed by atoms with van der Waals surface area (Å²) in [6.07, 6.45) is 1.85. The van der Waals surface area contributed by atoms with Crippen LogP contribution in [0, 0.1) is 6.92 Å². The zero-order valence-corrected chi connectivity index (χ0v) is 16.8. The van der Waals surface area contributed by atoms with Gasteiger partial charge in [0.05, 0.1) is 19.0 Å². The number of methoxy groups -OCH3 is 1. The Morgan fingerprint density at radius 1 is 1.10 bits per heavy atom. The van der Waals surface area contributed by atoms with Crippen LogP contribution in [0.1, 0.15) is 11.1 Å². The molecular formula is C21H23N3O6. The maximum atomic E-state index is 10.2. The zero-order valence-electron chi connectivity index (χ0n) is 16.8. The third kappa shape index (κ3) is 5.51. The van der Waals surface area contributed by atoms with Gasteiger partial charge in [0.25, 0.3) is 0 Å². The molecule has 1 heterocycles. The highest BCUT2D eigenvalue weighted by atomic mass is 16.5. The van der Waals surface area contributed by atoms with Crippen LogP contribution in [-0.4, -0.2) is 43.9 Å². The summed E-state index contributed by atoms with van der Waals surface area (Å²) in [4.78, 5) is 22.6. The number of ether oxygens (including phenoxy) is 1. The minimum Gasteiger partial charge on any atom is -0.504 e. The van der Waals surface area contributed by atoms with E-state index >= 15 is 0 Å². The Labute approximate surface area is 173 Å². The first-order chi connectivity index (χ1) is 14.2. The second-order valence-corrected chi connectivity index (χ2v) is 6.32. The SMILES string of the molecule is COc1cccc(CNc2ncc(-c3ccc(C)cc3)n2C)c1O.O=C(O)C(=O)O. The average Bonchev–Trinajstić information content (AvgIpc) is 3.08. The smallest absolute Gasteiger partial charge is 0.414 e. The number of aliphatic carboxylic acids is 2. The lowest BCUT2D eigenvalue weighted by Gasteiger charge is -2.11. The van der Waals surface area contributed by atoms with Crippen molar-refractivity contribution in [2.75, 3.05) is 12.4 Å². The number of carbonyl (C=O) groups is 2. The summed E-state index contributed by atoms with van der Waals surface area (Å²) in [5, 5.41) is 28.2. The number of phenols is 1. The number of aromatic hydroxyl groups is 1. The third-order valence-electron chi connectivity index (χ3n) is 4.26. The van der Waals surface area contributed by atoms with E-state index in [0.717, 1.165) is 22.8 Å². The van der Waals surface area contributed by atoms with Gasteiger partial charge >= 0.3 is 11.9 Å². The second-order valence-electron chi connectivity index (χ2n) is 6.32. The van der Waals surface area contributed by atoms with Crippen molar-refractivity contribution in [1.29, 1.82) is 0 Å². The number of aryl methyl sites for hydroxylation is 1. The molecule has 3 aromatic rings. The minimum atomic E-state index is -1.82. The molecule has 0 atom stereocenters. The fourth-order valence-corrected chi connectivity index (χ4v) is 2.62. The molecule has 4 N–H and O–H groups in total. The summed E-state index contributed by atoms with van der Waals surface area (Å²) in [6.45, 7) is 2.53. The molecule has 0 spiro atoms. The molecule has 9 nitrogen and oxygen atoms in total. The van der Waals surface area contributed by atoms with Crippen LogP contribution in [0.3, 0.4) is 0 Å². The van der Waals surface area contributed by atoms with Crippen LogP contribution in [0.2, 0.25) is 0 Å². The lowest BCUT2D eigenvalue weighted by molar-refractivity contribution is -0.159. The van der Waals surface area contributed by atoms with Gasteiger partial charge in [0, 0.05) is 19.2 Å². The number of phenolic OH excluding ortho intramolecular Hbond substituents is 1. The van der Waals surface area contributed by atoms with Gasteiger partial charge in [0.1, 0.15) is 0 Å². The Bertz CT molecular complexity index is 1020. The van der Waals surface area contributed by atoms with Gasteiger partial charge in [-0.15, -0.1) is 0 Å². The number of imidazole rings is 1. The van der Waals surface area contributed by atoms with Gasteiger partial charge in [-0.3, -0.25) is 0 Å². The van der Waals surface area contributed by atoms with Crippen LogP contribution in [0.15, 0.2) is 48.7 Å². The lowest BCUT2D eigenvalue weighted by atomic mass is 10.1. The Kier molecular flexibility index (Phi) is 7.40. The normalized spacial score (nSPS) is 9.97. The van der Waals surface area contributed by atoms with Crippen molar-refractivity contribution in [3.63, 3.8) is 0 Å². The van der Waals surface area contributed by atoms with Crippen molar-refractivity contribution in [2.45, 2.75) is 13.5 Å². The van der Waals surface area contributed by atoms with Crippen LogP contribution in [0.25, 0.3) is 11.3 Å². The number of para-hydroxylation sites is 1. The van der Waals surface area contributed by atoms with Crippen molar-refractivity contribution in [2.24, 2.45) is 7.05 Å². The molecule has 0 saturated heterocycles. The first kappa shape index (κ1) is 22.3. The highest BCUT2D eigenvalue weighted by Gasteiger charge is 2.11. The molecule has 0 fully saturated rings. The summed E-state index contributed by atoms with van der Waals surface area (Å²) in [7, 11) is 3.51. The van der Waals surface area contributed by atoms with Gasteiger partial charge in [-0.2, -0.15) is 0 Å². The molecule has 9 heteroatoms. The lowest BCUT2D eigenvalue weighted by Crippen LogP contribution is -2.09. The molecule has 3 rings (SSSR count). The molecule has 1 aromatic heterocycles. The Balaban J connectivity index is 0.000000469. The molecule has 0 aliphatic heterocycles. The van der Waals surface area contributed by atoms with Crippen LogP contribution in [0.4, 0.5) is 5.95 Å². The van der Waals surface area contributed by atoms with Gasteiger partial charge in [-0.25, -0.2) is 14.6 Å². The highest BCUT2D eigenvalue weighted by Crippen LogP contribution is 2.30. The van der Waals surface area contributed by atoms with Crippen molar-refractivity contribution in [3.05, 3.63) is 59.8 Å². The average molecular weight is 413 g/mol. The quantitative estimate of drug-likeness (QED) is 0.469. The fraction of sp³-hybridized carbons (Fsp3) is 0.190. The number of hydrogen-bond donors (Lipinski definition) is 4. The number of carboxylic acids is 2. The molecule has 2 aromatic carbocycles. The number of benzene rings is 2. The molecule has 30 heavy (non-hydrogen) atoms. The monoisotopic (exact) mass is 413 g/mol. The summed E-state index contributed by atoms with van der Waals surface area (Å²) < 4.78 is 7.14. The number of carboxylic acid groups (broad SMARTS) is 2.